The van der Waals surface area contributed by atoms with Crippen LogP contribution in [0.5, 0.6) is 0 Å². The Kier molecular flexibility index (Phi) is 8.72. The number of halogens is 1. The van der Waals surface area contributed by atoms with Crippen molar-refractivity contribution in [1.82, 2.24) is 20.2 Å². The average Bonchev–Trinajstić information content (AvgIpc) is 3.26. The van der Waals surface area contributed by atoms with Crippen molar-refractivity contribution < 1.29 is 9.52 Å². The highest BCUT2D eigenvalue weighted by Crippen LogP contribution is 2.23. The number of fused-ring (bicyclic) bond motifs is 1. The van der Waals surface area contributed by atoms with Gasteiger partial charge in [-0.3, -0.25) is 0 Å². The molecule has 2 heterocycles. The van der Waals surface area contributed by atoms with E-state index in [1.165, 1.54) is 0 Å². The summed E-state index contributed by atoms with van der Waals surface area (Å²) >= 11 is 0. The van der Waals surface area contributed by atoms with Crippen LogP contribution >= 0.6 is 24.0 Å². The first-order chi connectivity index (χ1) is 13.9. The molecule has 0 amide bonds. The van der Waals surface area contributed by atoms with Crippen molar-refractivity contribution in [2.45, 2.75) is 46.3 Å². The molecule has 0 saturated heterocycles. The summed E-state index contributed by atoms with van der Waals surface area (Å²) in [6.45, 7) is 10.2. The second kappa shape index (κ2) is 10.8. The molecule has 0 aliphatic carbocycles. The molecule has 1 atom stereocenters. The lowest BCUT2D eigenvalue weighted by molar-refractivity contribution is 0.0428. The number of nitrogens with zero attached hydrogens (tertiary/aromatic N) is 3. The van der Waals surface area contributed by atoms with Gasteiger partial charge in [-0.2, -0.15) is 0 Å². The second-order valence-corrected chi connectivity index (χ2v) is 7.46. The third-order valence-electron chi connectivity index (χ3n) is 4.86. The molecule has 30 heavy (non-hydrogen) atoms. The average molecular weight is 525 g/mol. The van der Waals surface area contributed by atoms with Crippen molar-refractivity contribution >= 4 is 41.0 Å². The van der Waals surface area contributed by atoms with Gasteiger partial charge in [-0.15, -0.1) is 24.0 Å². The third kappa shape index (κ3) is 5.98. The van der Waals surface area contributed by atoms with Gasteiger partial charge >= 0.3 is 0 Å². The van der Waals surface area contributed by atoms with Crippen molar-refractivity contribution in [2.75, 3.05) is 19.6 Å². The molecule has 0 aliphatic rings. The highest BCUT2D eigenvalue weighted by atomic mass is 127. The van der Waals surface area contributed by atoms with Crippen molar-refractivity contribution in [3.63, 3.8) is 0 Å². The Balaban J connectivity index is 0.00000320. The molecular weight excluding hydrogens is 493 g/mol. The minimum atomic E-state index is -1.15. The fourth-order valence-corrected chi connectivity index (χ4v) is 3.30. The number of rotatable bonds is 8. The predicted molar refractivity (Wildman–Crippen MR) is 131 cm³/mol. The smallest absolute Gasteiger partial charge is 0.191 e. The van der Waals surface area contributed by atoms with E-state index in [-0.39, 0.29) is 30.5 Å². The van der Waals surface area contributed by atoms with Crippen LogP contribution in [0.15, 0.2) is 45.8 Å². The summed E-state index contributed by atoms with van der Waals surface area (Å²) in [7, 11) is 0. The zero-order valence-electron chi connectivity index (χ0n) is 18.1. The summed E-state index contributed by atoms with van der Waals surface area (Å²) in [5.74, 6) is 3.01. The minimum absolute atomic E-state index is 0. The first-order valence-corrected chi connectivity index (χ1v) is 10.1. The molecule has 0 fully saturated rings. The number of hydrogen-bond acceptors (Lipinski definition) is 4. The molecule has 1 unspecified atom stereocenters. The number of guanidine groups is 1. The number of para-hydroxylation sites is 2. The van der Waals surface area contributed by atoms with E-state index in [1.54, 1.807) is 13.0 Å². The van der Waals surface area contributed by atoms with Crippen LogP contribution in [0.1, 0.15) is 37.6 Å². The van der Waals surface area contributed by atoms with Crippen LogP contribution in [0.2, 0.25) is 0 Å². The predicted octanol–water partition coefficient (Wildman–Crippen LogP) is 3.72. The van der Waals surface area contributed by atoms with Gasteiger partial charge in [-0.05, 0) is 58.4 Å². The Morgan fingerprint density at radius 1 is 1.20 bits per heavy atom. The number of furan rings is 1. The molecule has 0 aliphatic heterocycles. The van der Waals surface area contributed by atoms with Gasteiger partial charge in [0.15, 0.2) is 5.96 Å². The van der Waals surface area contributed by atoms with Gasteiger partial charge in [0.2, 0.25) is 0 Å². The van der Waals surface area contributed by atoms with E-state index in [2.05, 4.69) is 31.2 Å². The normalized spacial score (nSPS) is 13.7. The zero-order valence-corrected chi connectivity index (χ0v) is 20.4. The third-order valence-corrected chi connectivity index (χ3v) is 4.86. The molecule has 7 nitrogen and oxygen atoms in total. The van der Waals surface area contributed by atoms with Crippen molar-refractivity contribution in [1.29, 1.82) is 0 Å². The molecular formula is C22H32IN5O2. The maximum atomic E-state index is 10.7. The van der Waals surface area contributed by atoms with Crippen molar-refractivity contribution in [3.8, 4) is 0 Å². The standard InChI is InChI=1S/C22H31N5O2.HI/c1-5-23-21(25-15-22(4,28)20-12-11-16(2)29-20)24-13-8-14-27-17(3)26-18-9-6-7-10-19(18)27;/h6-7,9-12,28H,5,8,13-15H2,1-4H3,(H2,23,24,25);1H. The van der Waals surface area contributed by atoms with Gasteiger partial charge in [-0.1, -0.05) is 12.1 Å². The Hall–Kier alpha value is -2.07. The van der Waals surface area contributed by atoms with Crippen LogP contribution in [0.4, 0.5) is 0 Å². The summed E-state index contributed by atoms with van der Waals surface area (Å²) in [5, 5.41) is 17.2. The molecule has 3 N–H and O–H groups in total. The lowest BCUT2D eigenvalue weighted by Gasteiger charge is -2.19. The Labute approximate surface area is 195 Å². The maximum absolute atomic E-state index is 10.7. The number of aromatic nitrogens is 2. The highest BCUT2D eigenvalue weighted by molar-refractivity contribution is 14.0. The van der Waals surface area contributed by atoms with Crippen LogP contribution in [-0.4, -0.2) is 40.3 Å². The lowest BCUT2D eigenvalue weighted by Crippen LogP contribution is -2.39. The number of benzene rings is 1. The van der Waals surface area contributed by atoms with E-state index in [1.807, 2.05) is 45.0 Å². The molecule has 3 aromatic rings. The Bertz CT molecular complexity index is 977. The van der Waals surface area contributed by atoms with Crippen LogP contribution in [-0.2, 0) is 12.1 Å². The SMILES string of the molecule is CCNC(=NCC(C)(O)c1ccc(C)o1)NCCCn1c(C)nc2ccccc21.I. The lowest BCUT2D eigenvalue weighted by atomic mass is 10.0. The van der Waals surface area contributed by atoms with Crippen molar-refractivity contribution in [3.05, 3.63) is 53.7 Å². The van der Waals surface area contributed by atoms with Gasteiger partial charge in [-0.25, -0.2) is 9.98 Å². The molecule has 164 valence electrons. The molecule has 3 rings (SSSR count). The number of aryl methyl sites for hydroxylation is 3. The quantitative estimate of drug-likeness (QED) is 0.181. The molecule has 0 radical (unpaired) electrons. The fraction of sp³-hybridized carbons (Fsp3) is 0.455. The van der Waals surface area contributed by atoms with Crippen LogP contribution in [0, 0.1) is 13.8 Å². The van der Waals surface area contributed by atoms with Gasteiger partial charge < -0.3 is 24.7 Å². The van der Waals surface area contributed by atoms with Crippen molar-refractivity contribution in [2.24, 2.45) is 4.99 Å². The van der Waals surface area contributed by atoms with Gasteiger partial charge in [0.05, 0.1) is 17.6 Å². The fourth-order valence-electron chi connectivity index (χ4n) is 3.30. The molecule has 0 saturated carbocycles. The van der Waals surface area contributed by atoms with Crippen LogP contribution in [0.3, 0.4) is 0 Å². The highest BCUT2D eigenvalue weighted by Gasteiger charge is 2.26. The Morgan fingerprint density at radius 2 is 1.97 bits per heavy atom. The number of hydrogen-bond donors (Lipinski definition) is 3. The molecule has 2 aromatic heterocycles. The summed E-state index contributed by atoms with van der Waals surface area (Å²) in [4.78, 5) is 9.15. The van der Waals surface area contributed by atoms with E-state index >= 15 is 0 Å². The zero-order chi connectivity index (χ0) is 20.9. The summed E-state index contributed by atoms with van der Waals surface area (Å²) in [5.41, 5.74) is 1.04. The van der Waals surface area contributed by atoms with E-state index in [9.17, 15) is 5.11 Å². The molecule has 0 spiro atoms. The summed E-state index contributed by atoms with van der Waals surface area (Å²) in [6, 6.07) is 11.8. The van der Waals surface area contributed by atoms with Crippen LogP contribution in [0.25, 0.3) is 11.0 Å². The van der Waals surface area contributed by atoms with Gasteiger partial charge in [0, 0.05) is 19.6 Å². The van der Waals surface area contributed by atoms with E-state index < -0.39 is 5.60 Å². The van der Waals surface area contributed by atoms with E-state index in [0.29, 0.717) is 11.7 Å². The number of nitrogens with one attached hydrogen (secondary N) is 2. The number of aliphatic imine (C=N–C) groups is 1. The first-order valence-electron chi connectivity index (χ1n) is 10.1. The van der Waals surface area contributed by atoms with E-state index in [0.717, 1.165) is 48.7 Å². The number of imidazole rings is 1. The summed E-state index contributed by atoms with van der Waals surface area (Å²) < 4.78 is 7.80. The maximum Gasteiger partial charge on any atom is 0.191 e. The molecule has 1 aromatic carbocycles. The van der Waals surface area contributed by atoms with E-state index in [4.69, 9.17) is 4.42 Å². The number of aliphatic hydroxyl groups is 1. The second-order valence-electron chi connectivity index (χ2n) is 7.46. The first kappa shape index (κ1) is 24.2. The van der Waals surface area contributed by atoms with Gasteiger partial charge in [0.1, 0.15) is 22.9 Å². The molecule has 8 heteroatoms. The summed E-state index contributed by atoms with van der Waals surface area (Å²) in [6.07, 6.45) is 0.930. The van der Waals surface area contributed by atoms with Gasteiger partial charge in [0.25, 0.3) is 0 Å². The largest absolute Gasteiger partial charge is 0.463 e. The monoisotopic (exact) mass is 525 g/mol. The molecule has 0 bridgehead atoms. The van der Waals surface area contributed by atoms with Crippen LogP contribution < -0.4 is 10.6 Å². The Morgan fingerprint density at radius 3 is 2.67 bits per heavy atom. The topological polar surface area (TPSA) is 87.6 Å². The minimum Gasteiger partial charge on any atom is -0.463 e.